The van der Waals surface area contributed by atoms with Crippen molar-refractivity contribution in [3.05, 3.63) is 23.8 Å². The molecule has 0 atom stereocenters. The lowest BCUT2D eigenvalue weighted by atomic mass is 10.3. The van der Waals surface area contributed by atoms with Gasteiger partial charge in [0.1, 0.15) is 6.61 Å². The molecule has 0 bridgehead atoms. The van der Waals surface area contributed by atoms with Gasteiger partial charge in [0.15, 0.2) is 5.82 Å². The summed E-state index contributed by atoms with van der Waals surface area (Å²) in [4.78, 5) is 7.87. The van der Waals surface area contributed by atoms with Gasteiger partial charge in [-0.3, -0.25) is 0 Å². The fraction of sp³-hybridized carbons (Fsp3) is 0.556. The Kier molecular flexibility index (Phi) is 3.79. The molecule has 1 aromatic rings. The monoisotopic (exact) mass is 182 g/mol. The molecule has 4 nitrogen and oxygen atoms in total. The highest BCUT2D eigenvalue weighted by Crippen LogP contribution is 2.00. The molecule has 1 heterocycles. The number of hydrogen-bond acceptors (Lipinski definition) is 4. The van der Waals surface area contributed by atoms with E-state index in [4.69, 9.17) is 9.84 Å². The first-order valence-corrected chi connectivity index (χ1v) is 4.24. The summed E-state index contributed by atoms with van der Waals surface area (Å²) in [6.07, 6.45) is 3.54. The molecule has 0 saturated carbocycles. The Morgan fingerprint density at radius 3 is 2.46 bits per heavy atom. The first-order chi connectivity index (χ1) is 6.22. The van der Waals surface area contributed by atoms with E-state index in [1.807, 2.05) is 13.8 Å². The van der Waals surface area contributed by atoms with Gasteiger partial charge in [0.25, 0.3) is 0 Å². The summed E-state index contributed by atoms with van der Waals surface area (Å²) in [5, 5.41) is 8.69. The minimum absolute atomic E-state index is 0.120. The van der Waals surface area contributed by atoms with Crippen LogP contribution in [0.3, 0.4) is 0 Å². The smallest absolute Gasteiger partial charge is 0.153 e. The average molecular weight is 182 g/mol. The zero-order chi connectivity index (χ0) is 9.68. The van der Waals surface area contributed by atoms with Gasteiger partial charge in [-0.2, -0.15) is 0 Å². The lowest BCUT2D eigenvalue weighted by Gasteiger charge is -2.06. The molecule has 0 unspecified atom stereocenters. The van der Waals surface area contributed by atoms with Crippen molar-refractivity contribution >= 4 is 0 Å². The summed E-state index contributed by atoms with van der Waals surface area (Å²) in [6, 6.07) is 0. The lowest BCUT2D eigenvalue weighted by molar-refractivity contribution is 0.0653. The van der Waals surface area contributed by atoms with Gasteiger partial charge in [0.2, 0.25) is 0 Å². The number of ether oxygens (including phenoxy) is 1. The van der Waals surface area contributed by atoms with Gasteiger partial charge in [-0.25, -0.2) is 9.97 Å². The summed E-state index contributed by atoms with van der Waals surface area (Å²) in [6.45, 7) is 4.35. The molecule has 72 valence electrons. The minimum Gasteiger partial charge on any atom is -0.388 e. The molecule has 0 amide bonds. The summed E-state index contributed by atoms with van der Waals surface area (Å²) in [7, 11) is 0. The van der Waals surface area contributed by atoms with E-state index in [9.17, 15) is 0 Å². The Morgan fingerprint density at radius 1 is 1.38 bits per heavy atom. The van der Waals surface area contributed by atoms with E-state index in [1.54, 1.807) is 12.4 Å². The third-order valence-corrected chi connectivity index (χ3v) is 1.48. The predicted molar refractivity (Wildman–Crippen MR) is 47.9 cm³/mol. The molecule has 0 saturated heterocycles. The topological polar surface area (TPSA) is 55.2 Å². The number of aromatic nitrogens is 2. The van der Waals surface area contributed by atoms with Crippen molar-refractivity contribution < 1.29 is 9.84 Å². The average Bonchev–Trinajstić information content (AvgIpc) is 2.15. The van der Waals surface area contributed by atoms with E-state index in [2.05, 4.69) is 9.97 Å². The molecule has 0 aliphatic carbocycles. The van der Waals surface area contributed by atoms with Crippen LogP contribution in [0, 0.1) is 0 Å². The zero-order valence-corrected chi connectivity index (χ0v) is 7.90. The van der Waals surface area contributed by atoms with Gasteiger partial charge >= 0.3 is 0 Å². The summed E-state index contributed by atoms with van der Waals surface area (Å²) >= 11 is 0. The highest BCUT2D eigenvalue weighted by Gasteiger charge is 1.98. The third kappa shape index (κ3) is 3.48. The Balaban J connectivity index is 2.49. The fourth-order valence-corrected chi connectivity index (χ4v) is 0.801. The van der Waals surface area contributed by atoms with E-state index in [0.29, 0.717) is 12.4 Å². The standard InChI is InChI=1S/C9H14N2O2/c1-7(2)13-6-8-3-10-9(5-12)11-4-8/h3-4,7,12H,5-6H2,1-2H3. The number of aliphatic hydroxyl groups excluding tert-OH is 1. The summed E-state index contributed by atoms with van der Waals surface area (Å²) in [5.41, 5.74) is 0.922. The molecule has 0 radical (unpaired) electrons. The molecule has 0 fully saturated rings. The molecule has 4 heteroatoms. The Morgan fingerprint density at radius 2 is 2.00 bits per heavy atom. The highest BCUT2D eigenvalue weighted by molar-refractivity contribution is 5.03. The van der Waals surface area contributed by atoms with Crippen LogP contribution in [-0.2, 0) is 18.0 Å². The number of rotatable bonds is 4. The molecular formula is C9H14N2O2. The van der Waals surface area contributed by atoms with Crippen LogP contribution in [0.5, 0.6) is 0 Å². The van der Waals surface area contributed by atoms with Crippen molar-refractivity contribution in [1.82, 2.24) is 9.97 Å². The van der Waals surface area contributed by atoms with Crippen LogP contribution < -0.4 is 0 Å². The van der Waals surface area contributed by atoms with Gasteiger partial charge in [-0.05, 0) is 13.8 Å². The molecule has 0 spiro atoms. The fourth-order valence-electron chi connectivity index (χ4n) is 0.801. The maximum absolute atomic E-state index is 8.69. The van der Waals surface area contributed by atoms with Crippen molar-refractivity contribution in [3.8, 4) is 0 Å². The first kappa shape index (κ1) is 10.1. The van der Waals surface area contributed by atoms with Crippen LogP contribution in [0.25, 0.3) is 0 Å². The van der Waals surface area contributed by atoms with Gasteiger partial charge in [-0.1, -0.05) is 0 Å². The molecule has 1 aromatic heterocycles. The SMILES string of the molecule is CC(C)OCc1cnc(CO)nc1. The Bertz CT molecular complexity index is 246. The van der Waals surface area contributed by atoms with Crippen LogP contribution in [0.1, 0.15) is 25.2 Å². The normalized spacial score (nSPS) is 10.8. The van der Waals surface area contributed by atoms with E-state index in [0.717, 1.165) is 5.56 Å². The molecule has 0 aromatic carbocycles. The maximum Gasteiger partial charge on any atom is 0.153 e. The van der Waals surface area contributed by atoms with Gasteiger partial charge < -0.3 is 9.84 Å². The van der Waals surface area contributed by atoms with Crippen LogP contribution in [0.2, 0.25) is 0 Å². The van der Waals surface area contributed by atoms with Crippen molar-refractivity contribution in [1.29, 1.82) is 0 Å². The van der Waals surface area contributed by atoms with Gasteiger partial charge in [-0.15, -0.1) is 0 Å². The van der Waals surface area contributed by atoms with Gasteiger partial charge in [0.05, 0.1) is 12.7 Å². The lowest BCUT2D eigenvalue weighted by Crippen LogP contribution is -2.03. The van der Waals surface area contributed by atoms with Crippen LogP contribution in [0.4, 0.5) is 0 Å². The van der Waals surface area contributed by atoms with Gasteiger partial charge in [0, 0.05) is 18.0 Å². The predicted octanol–water partition coefficient (Wildman–Crippen LogP) is 0.894. The quantitative estimate of drug-likeness (QED) is 0.751. The minimum atomic E-state index is -0.120. The molecule has 13 heavy (non-hydrogen) atoms. The second-order valence-corrected chi connectivity index (χ2v) is 3.03. The number of aliphatic hydroxyl groups is 1. The Hall–Kier alpha value is -1.00. The van der Waals surface area contributed by atoms with E-state index < -0.39 is 0 Å². The number of nitrogens with zero attached hydrogens (tertiary/aromatic N) is 2. The van der Waals surface area contributed by atoms with Crippen molar-refractivity contribution in [2.75, 3.05) is 0 Å². The van der Waals surface area contributed by atoms with Crippen LogP contribution >= 0.6 is 0 Å². The molecule has 0 aliphatic rings. The maximum atomic E-state index is 8.69. The molecule has 0 aliphatic heterocycles. The Labute approximate surface area is 77.6 Å². The first-order valence-electron chi connectivity index (χ1n) is 4.24. The second-order valence-electron chi connectivity index (χ2n) is 3.03. The largest absolute Gasteiger partial charge is 0.388 e. The van der Waals surface area contributed by atoms with Crippen molar-refractivity contribution in [2.24, 2.45) is 0 Å². The third-order valence-electron chi connectivity index (χ3n) is 1.48. The van der Waals surface area contributed by atoms with Crippen LogP contribution in [-0.4, -0.2) is 21.2 Å². The summed E-state index contributed by atoms with van der Waals surface area (Å²) in [5.74, 6) is 0.438. The molecular weight excluding hydrogens is 168 g/mol. The van der Waals surface area contributed by atoms with E-state index >= 15 is 0 Å². The van der Waals surface area contributed by atoms with E-state index in [1.165, 1.54) is 0 Å². The van der Waals surface area contributed by atoms with Crippen LogP contribution in [0.15, 0.2) is 12.4 Å². The van der Waals surface area contributed by atoms with E-state index in [-0.39, 0.29) is 12.7 Å². The summed E-state index contributed by atoms with van der Waals surface area (Å²) < 4.78 is 5.36. The van der Waals surface area contributed by atoms with Crippen molar-refractivity contribution in [3.63, 3.8) is 0 Å². The van der Waals surface area contributed by atoms with Crippen molar-refractivity contribution in [2.45, 2.75) is 33.2 Å². The second kappa shape index (κ2) is 4.89. The zero-order valence-electron chi connectivity index (χ0n) is 7.90. The number of hydrogen-bond donors (Lipinski definition) is 1. The highest BCUT2D eigenvalue weighted by atomic mass is 16.5. The molecule has 1 N–H and O–H groups in total. The molecule has 1 rings (SSSR count).